The number of aliphatic hydroxyl groups excluding tert-OH is 6. The van der Waals surface area contributed by atoms with E-state index in [1.807, 2.05) is 60.7 Å². The molecule has 2 fully saturated rings. The maximum Gasteiger partial charge on any atom is 0.251 e. The van der Waals surface area contributed by atoms with Crippen molar-refractivity contribution in [3.8, 4) is 23.0 Å². The molecule has 2 aliphatic heterocycles. The minimum atomic E-state index is -1.66. The summed E-state index contributed by atoms with van der Waals surface area (Å²) in [4.78, 5) is 27.3. The first-order chi connectivity index (χ1) is 28.5. The normalized spacial score (nSPS) is 26.6. The summed E-state index contributed by atoms with van der Waals surface area (Å²) in [5.74, 6) is -0.173. The van der Waals surface area contributed by atoms with Gasteiger partial charge < -0.3 is 69.7 Å². The van der Waals surface area contributed by atoms with E-state index in [1.54, 1.807) is 12.1 Å². The molecule has 17 heteroatoms. The van der Waals surface area contributed by atoms with E-state index in [1.165, 1.54) is 38.5 Å². The molecule has 0 aromatic heterocycles. The molecule has 8 N–H and O–H groups in total. The fourth-order valence-electron chi connectivity index (χ4n) is 6.63. The Morgan fingerprint density at radius 1 is 0.576 bits per heavy atom. The Kier molecular flexibility index (Phi) is 15.0. The Morgan fingerprint density at radius 2 is 0.949 bits per heavy atom. The second kappa shape index (κ2) is 20.3. The lowest BCUT2D eigenvalue weighted by Gasteiger charge is -2.46. The van der Waals surface area contributed by atoms with Gasteiger partial charge in [-0.05, 0) is 35.4 Å². The van der Waals surface area contributed by atoms with E-state index in [-0.39, 0.29) is 24.3 Å². The predicted octanol–water partition coefficient (Wildman–Crippen LogP) is 1.37. The average Bonchev–Trinajstić information content (AvgIpc) is 3.27. The highest BCUT2D eigenvalue weighted by Gasteiger charge is 2.51. The molecule has 16 nitrogen and oxygen atoms in total. The number of aliphatic hydroxyl groups is 6. The Labute approximate surface area is 344 Å². The van der Waals surface area contributed by atoms with Crippen LogP contribution in [-0.4, -0.2) is 129 Å². The summed E-state index contributed by atoms with van der Waals surface area (Å²) in [7, 11) is 2.85. The van der Waals surface area contributed by atoms with Crippen molar-refractivity contribution >= 4 is 23.6 Å². The van der Waals surface area contributed by atoms with Crippen LogP contribution in [0.25, 0.3) is 0 Å². The van der Waals surface area contributed by atoms with Gasteiger partial charge in [-0.15, -0.1) is 0 Å². The number of ether oxygens (including phenoxy) is 6. The Morgan fingerprint density at radius 3 is 1.31 bits per heavy atom. The minimum absolute atomic E-state index is 0.0818. The molecule has 2 aliphatic rings. The zero-order chi connectivity index (χ0) is 42.1. The molecule has 10 atom stereocenters. The molecule has 4 aromatic rings. The summed E-state index contributed by atoms with van der Waals surface area (Å²) < 4.78 is 34.2. The molecule has 0 radical (unpaired) electrons. The molecular formula is C42H48N2O14S. The van der Waals surface area contributed by atoms with Crippen LogP contribution in [0.15, 0.2) is 97.1 Å². The number of rotatable bonds is 16. The highest BCUT2D eigenvalue weighted by Crippen LogP contribution is 2.37. The highest BCUT2D eigenvalue weighted by atomic mass is 32.2. The van der Waals surface area contributed by atoms with Crippen molar-refractivity contribution < 1.29 is 68.6 Å². The number of carbonyl (C=O) groups is 2. The molecule has 2 heterocycles. The Balaban J connectivity index is 1.16. The van der Waals surface area contributed by atoms with Gasteiger partial charge in [-0.1, -0.05) is 72.4 Å². The molecule has 2 saturated heterocycles. The SMILES string of the molecule is COc1cc(OCc2ccccc2)cc(C(=O)N[C@H]2[C@@H](O)[C@@H](CO)O[C@@H](S[C@@H]3O[C@H](CO)[C@H](O)[C@H](NC(=O)c4cc(OC)cc(OCc5ccccc5)c4)[C@H]3O)[C@@H]2O)c1. The van der Waals surface area contributed by atoms with Crippen molar-refractivity contribution in [2.45, 2.75) is 72.8 Å². The number of thioether (sulfide) groups is 1. The first-order valence-electron chi connectivity index (χ1n) is 18.8. The maximum atomic E-state index is 13.7. The van der Waals surface area contributed by atoms with Gasteiger partial charge >= 0.3 is 0 Å². The summed E-state index contributed by atoms with van der Waals surface area (Å²) in [5.41, 5.74) is -0.764. The quantitative estimate of drug-likeness (QED) is 0.0797. The highest BCUT2D eigenvalue weighted by molar-refractivity contribution is 8.00. The minimum Gasteiger partial charge on any atom is -0.497 e. The molecule has 2 amide bonds. The van der Waals surface area contributed by atoms with Crippen molar-refractivity contribution in [3.63, 3.8) is 0 Å². The van der Waals surface area contributed by atoms with Crippen LogP contribution in [0.1, 0.15) is 31.8 Å². The zero-order valence-electron chi connectivity index (χ0n) is 32.2. The lowest BCUT2D eigenvalue weighted by molar-refractivity contribution is -0.175. The Hall–Kier alpha value is -4.95. The van der Waals surface area contributed by atoms with Crippen molar-refractivity contribution in [2.24, 2.45) is 0 Å². The smallest absolute Gasteiger partial charge is 0.251 e. The molecule has 0 spiro atoms. The van der Waals surface area contributed by atoms with Crippen LogP contribution < -0.4 is 29.6 Å². The number of amides is 2. The molecular weight excluding hydrogens is 789 g/mol. The van der Waals surface area contributed by atoms with Crippen molar-refractivity contribution in [1.29, 1.82) is 0 Å². The maximum absolute atomic E-state index is 13.7. The Bertz CT molecular complexity index is 1850. The van der Waals surface area contributed by atoms with Crippen LogP contribution in [0.4, 0.5) is 0 Å². The van der Waals surface area contributed by atoms with Gasteiger partial charge in [-0.25, -0.2) is 0 Å². The first-order valence-corrected chi connectivity index (χ1v) is 19.7. The van der Waals surface area contributed by atoms with Crippen LogP contribution in [-0.2, 0) is 22.7 Å². The van der Waals surface area contributed by atoms with Crippen molar-refractivity contribution in [3.05, 3.63) is 119 Å². The molecule has 59 heavy (non-hydrogen) atoms. The van der Waals surface area contributed by atoms with E-state index < -0.39 is 84.6 Å². The van der Waals surface area contributed by atoms with E-state index >= 15 is 0 Å². The van der Waals surface area contributed by atoms with E-state index in [0.29, 0.717) is 34.8 Å². The molecule has 0 bridgehead atoms. The third-order valence-corrected chi connectivity index (χ3v) is 11.2. The van der Waals surface area contributed by atoms with Gasteiger partial charge in [-0.3, -0.25) is 9.59 Å². The van der Waals surface area contributed by atoms with Crippen LogP contribution >= 0.6 is 11.8 Å². The third kappa shape index (κ3) is 10.8. The predicted molar refractivity (Wildman–Crippen MR) is 213 cm³/mol. The summed E-state index contributed by atoms with van der Waals surface area (Å²) in [6, 6.07) is 25.0. The second-order valence-corrected chi connectivity index (χ2v) is 15.1. The summed E-state index contributed by atoms with van der Waals surface area (Å²) in [6.07, 6.45) is -9.10. The van der Waals surface area contributed by atoms with Crippen LogP contribution in [0.2, 0.25) is 0 Å². The molecule has 0 saturated carbocycles. The number of methoxy groups -OCH3 is 2. The molecule has 6 rings (SSSR count). The monoisotopic (exact) mass is 836 g/mol. The number of benzene rings is 4. The molecule has 316 valence electrons. The zero-order valence-corrected chi connectivity index (χ0v) is 33.0. The lowest BCUT2D eigenvalue weighted by atomic mass is 9.96. The number of nitrogens with one attached hydrogen (secondary N) is 2. The molecule has 4 aromatic carbocycles. The van der Waals surface area contributed by atoms with Gasteiger partial charge in [0.05, 0.1) is 39.5 Å². The van der Waals surface area contributed by atoms with E-state index in [0.717, 1.165) is 11.1 Å². The van der Waals surface area contributed by atoms with Crippen molar-refractivity contribution in [2.75, 3.05) is 27.4 Å². The second-order valence-electron chi connectivity index (χ2n) is 13.9. The summed E-state index contributed by atoms with van der Waals surface area (Å²) >= 11 is 0.708. The van der Waals surface area contributed by atoms with Gasteiger partial charge in [0.1, 0.15) is 83.7 Å². The summed E-state index contributed by atoms with van der Waals surface area (Å²) in [6.45, 7) is -1.00. The van der Waals surface area contributed by atoms with Gasteiger partial charge in [-0.2, -0.15) is 0 Å². The van der Waals surface area contributed by atoms with E-state index in [4.69, 9.17) is 28.4 Å². The van der Waals surface area contributed by atoms with E-state index in [9.17, 15) is 40.2 Å². The standard InChI is InChI=1S/C42H48N2O14S/c1-53-27-13-25(15-29(17-27)55-21-23-9-5-3-6-10-23)39(51)43-33-35(47)31(19-45)57-41(37(33)49)59-42-38(50)34(36(48)32(20-46)58-42)44-40(52)26-14-28(54-2)18-30(16-26)56-22-24-11-7-4-8-12-24/h3-18,31-38,41-42,45-50H,19-22H2,1-2H3,(H,43,51)(H,44,52)/t31-,32-,33+,34+,35+,36+,37-,38-,41+,42+/m1/s1. The van der Waals surface area contributed by atoms with Crippen molar-refractivity contribution in [1.82, 2.24) is 10.6 Å². The molecule has 0 aliphatic carbocycles. The van der Waals surface area contributed by atoms with Gasteiger partial charge in [0.2, 0.25) is 0 Å². The topological polar surface area (TPSA) is 235 Å². The summed E-state index contributed by atoms with van der Waals surface area (Å²) in [5, 5.41) is 70.8. The molecule has 0 unspecified atom stereocenters. The van der Waals surface area contributed by atoms with Gasteiger partial charge in [0.25, 0.3) is 11.8 Å². The van der Waals surface area contributed by atoms with Crippen LogP contribution in [0.5, 0.6) is 23.0 Å². The first kappa shape index (κ1) is 43.6. The fraction of sp³-hybridized carbons (Fsp3) is 0.381. The van der Waals surface area contributed by atoms with Gasteiger partial charge in [0.15, 0.2) is 0 Å². The number of carbonyl (C=O) groups excluding carboxylic acids is 2. The van der Waals surface area contributed by atoms with Crippen LogP contribution in [0.3, 0.4) is 0 Å². The van der Waals surface area contributed by atoms with E-state index in [2.05, 4.69) is 10.6 Å². The number of hydrogen-bond donors (Lipinski definition) is 8. The number of hydrogen-bond acceptors (Lipinski definition) is 15. The lowest BCUT2D eigenvalue weighted by Crippen LogP contribution is -2.66. The van der Waals surface area contributed by atoms with Gasteiger partial charge in [0, 0.05) is 23.3 Å². The fourth-order valence-corrected chi connectivity index (χ4v) is 7.97. The van der Waals surface area contributed by atoms with Crippen LogP contribution in [0, 0.1) is 0 Å². The largest absolute Gasteiger partial charge is 0.497 e. The third-order valence-electron chi connectivity index (χ3n) is 9.89. The average molecular weight is 837 g/mol.